The molecule has 0 aliphatic carbocycles. The lowest BCUT2D eigenvalue weighted by molar-refractivity contribution is 0.0691. The van der Waals surface area contributed by atoms with Crippen LogP contribution in [0.5, 0.6) is 5.75 Å². The fraction of sp³-hybridized carbons (Fsp3) is 0.214. The maximum atomic E-state index is 12.8. The van der Waals surface area contributed by atoms with E-state index in [1.165, 1.54) is 10.5 Å². The molecule has 0 amide bonds. The zero-order valence-electron chi connectivity index (χ0n) is 11.7. The van der Waals surface area contributed by atoms with E-state index in [-0.39, 0.29) is 23.2 Å². The fourth-order valence-corrected chi connectivity index (χ4v) is 3.90. The highest BCUT2D eigenvalue weighted by atomic mass is 32.2. The highest BCUT2D eigenvalue weighted by molar-refractivity contribution is 7.92. The van der Waals surface area contributed by atoms with Crippen molar-refractivity contribution in [3.8, 4) is 5.75 Å². The van der Waals surface area contributed by atoms with E-state index < -0.39 is 16.0 Å². The number of carboxylic acid groups (broad SMARTS) is 1. The number of aromatic amines is 1. The molecule has 3 rings (SSSR count). The molecule has 0 spiro atoms. The predicted molar refractivity (Wildman–Crippen MR) is 78.8 cm³/mol. The van der Waals surface area contributed by atoms with Gasteiger partial charge in [0.15, 0.2) is 0 Å². The molecule has 0 unspecified atom stereocenters. The molecule has 0 fully saturated rings. The van der Waals surface area contributed by atoms with Gasteiger partial charge in [-0.3, -0.25) is 4.31 Å². The number of nitrogens with zero attached hydrogens (tertiary/aromatic N) is 1. The van der Waals surface area contributed by atoms with Crippen molar-refractivity contribution in [2.75, 3.05) is 10.8 Å². The molecular formula is C14H14N2O5S. The van der Waals surface area contributed by atoms with Crippen molar-refractivity contribution in [3.05, 3.63) is 42.2 Å². The van der Waals surface area contributed by atoms with Gasteiger partial charge in [-0.15, -0.1) is 0 Å². The minimum Gasteiger partial charge on any atom is -0.487 e. The van der Waals surface area contributed by atoms with Gasteiger partial charge in [-0.05, 0) is 25.1 Å². The smallest absolute Gasteiger partial charge is 0.352 e. The highest BCUT2D eigenvalue weighted by Gasteiger charge is 2.33. The number of rotatable bonds is 3. The number of aromatic nitrogens is 1. The molecule has 22 heavy (non-hydrogen) atoms. The van der Waals surface area contributed by atoms with Crippen LogP contribution in [0.2, 0.25) is 0 Å². The quantitative estimate of drug-likeness (QED) is 0.896. The van der Waals surface area contributed by atoms with Crippen LogP contribution in [-0.2, 0) is 10.0 Å². The Balaban J connectivity index is 2.07. The second kappa shape index (κ2) is 5.06. The lowest BCUT2D eigenvalue weighted by Crippen LogP contribution is -2.42. The van der Waals surface area contributed by atoms with Crippen molar-refractivity contribution < 1.29 is 23.1 Å². The topological polar surface area (TPSA) is 99.7 Å². The van der Waals surface area contributed by atoms with Gasteiger partial charge < -0.3 is 14.8 Å². The number of para-hydroxylation sites is 2. The summed E-state index contributed by atoms with van der Waals surface area (Å²) in [4.78, 5) is 13.3. The summed E-state index contributed by atoms with van der Waals surface area (Å²) >= 11 is 0. The minimum absolute atomic E-state index is 0.0891. The number of nitrogens with one attached hydrogen (secondary N) is 1. The van der Waals surface area contributed by atoms with Crippen molar-refractivity contribution in [1.82, 2.24) is 4.98 Å². The summed E-state index contributed by atoms with van der Waals surface area (Å²) in [6.45, 7) is 1.94. The van der Waals surface area contributed by atoms with Crippen LogP contribution in [0.3, 0.4) is 0 Å². The van der Waals surface area contributed by atoms with E-state index in [9.17, 15) is 13.2 Å². The maximum Gasteiger partial charge on any atom is 0.352 e. The number of anilines is 1. The molecule has 1 aromatic heterocycles. The largest absolute Gasteiger partial charge is 0.487 e. The van der Waals surface area contributed by atoms with E-state index in [0.717, 1.165) is 6.07 Å². The van der Waals surface area contributed by atoms with Crippen LogP contribution in [-0.4, -0.2) is 37.1 Å². The fourth-order valence-electron chi connectivity index (χ4n) is 2.35. The molecule has 2 N–H and O–H groups in total. The van der Waals surface area contributed by atoms with Gasteiger partial charge >= 0.3 is 5.97 Å². The number of aromatic carboxylic acids is 1. The average Bonchev–Trinajstić information content (AvgIpc) is 2.97. The van der Waals surface area contributed by atoms with E-state index in [0.29, 0.717) is 11.4 Å². The van der Waals surface area contributed by atoms with Crippen LogP contribution in [0.15, 0.2) is 41.4 Å². The third kappa shape index (κ3) is 2.31. The normalized spacial score (nSPS) is 17.7. The predicted octanol–water partition coefficient (Wildman–Crippen LogP) is 1.69. The summed E-state index contributed by atoms with van der Waals surface area (Å²) in [6.07, 6.45) is 0.879. The molecule has 1 aliphatic rings. The van der Waals surface area contributed by atoms with Crippen molar-refractivity contribution in [2.45, 2.75) is 17.9 Å². The van der Waals surface area contributed by atoms with E-state index in [1.54, 1.807) is 31.2 Å². The molecule has 1 atom stereocenters. The standard InChI is InChI=1S/C14H14N2O5S/c1-9-8-16(12-4-2-3-5-13(12)21-9)22(19,20)10-6-11(14(17)18)15-7-10/h2-7,9,15H,8H2,1H3,(H,17,18)/t9-/m1/s1. The van der Waals surface area contributed by atoms with Crippen LogP contribution in [0.4, 0.5) is 5.69 Å². The number of benzene rings is 1. The Bertz CT molecular complexity index is 827. The van der Waals surface area contributed by atoms with Gasteiger partial charge in [0.2, 0.25) is 0 Å². The van der Waals surface area contributed by atoms with Crippen LogP contribution in [0.1, 0.15) is 17.4 Å². The number of ether oxygens (including phenoxy) is 1. The van der Waals surface area contributed by atoms with Crippen LogP contribution in [0, 0.1) is 0 Å². The molecule has 1 aliphatic heterocycles. The monoisotopic (exact) mass is 322 g/mol. The Labute approximate surface area is 127 Å². The van der Waals surface area contributed by atoms with Crippen molar-refractivity contribution in [1.29, 1.82) is 0 Å². The Hall–Kier alpha value is -2.48. The van der Waals surface area contributed by atoms with Crippen molar-refractivity contribution in [3.63, 3.8) is 0 Å². The van der Waals surface area contributed by atoms with Gasteiger partial charge in [-0.1, -0.05) is 12.1 Å². The first-order valence-electron chi connectivity index (χ1n) is 6.60. The van der Waals surface area contributed by atoms with Gasteiger partial charge in [0.25, 0.3) is 10.0 Å². The molecule has 0 radical (unpaired) electrons. The summed E-state index contributed by atoms with van der Waals surface area (Å²) in [6, 6.07) is 7.96. The summed E-state index contributed by atoms with van der Waals surface area (Å²) in [5.41, 5.74) is 0.270. The summed E-state index contributed by atoms with van der Waals surface area (Å²) in [5.74, 6) is -0.726. The van der Waals surface area contributed by atoms with Gasteiger partial charge in [0, 0.05) is 6.20 Å². The summed E-state index contributed by atoms with van der Waals surface area (Å²) < 4.78 is 32.4. The number of sulfonamides is 1. The number of hydrogen-bond acceptors (Lipinski definition) is 4. The Kier molecular flexibility index (Phi) is 3.32. The minimum atomic E-state index is -3.86. The first-order chi connectivity index (χ1) is 10.4. The molecule has 8 heteroatoms. The third-order valence-electron chi connectivity index (χ3n) is 3.36. The number of carbonyl (C=O) groups is 1. The van der Waals surface area contributed by atoms with Crippen LogP contribution in [0.25, 0.3) is 0 Å². The number of carboxylic acids is 1. The van der Waals surface area contributed by atoms with Crippen molar-refractivity contribution >= 4 is 21.7 Å². The molecule has 2 heterocycles. The molecule has 0 saturated carbocycles. The molecule has 116 valence electrons. The van der Waals surface area contributed by atoms with E-state index >= 15 is 0 Å². The van der Waals surface area contributed by atoms with Crippen LogP contribution >= 0.6 is 0 Å². The summed E-state index contributed by atoms with van der Waals surface area (Å²) in [5, 5.41) is 8.91. The lowest BCUT2D eigenvalue weighted by atomic mass is 10.2. The molecule has 2 aromatic rings. The first-order valence-corrected chi connectivity index (χ1v) is 8.04. The van der Waals surface area contributed by atoms with Gasteiger partial charge in [0.1, 0.15) is 22.4 Å². The zero-order valence-corrected chi connectivity index (χ0v) is 12.5. The maximum absolute atomic E-state index is 12.8. The Morgan fingerprint density at radius 2 is 2.14 bits per heavy atom. The average molecular weight is 322 g/mol. The van der Waals surface area contributed by atoms with Gasteiger partial charge in [-0.25, -0.2) is 13.2 Å². The molecule has 7 nitrogen and oxygen atoms in total. The molecule has 1 aromatic carbocycles. The summed E-state index contributed by atoms with van der Waals surface area (Å²) in [7, 11) is -3.86. The molecular weight excluding hydrogens is 308 g/mol. The van der Waals surface area contributed by atoms with E-state index in [2.05, 4.69) is 4.98 Å². The first kappa shape index (κ1) is 14.5. The highest BCUT2D eigenvalue weighted by Crippen LogP contribution is 2.36. The number of fused-ring (bicyclic) bond motifs is 1. The van der Waals surface area contributed by atoms with Crippen molar-refractivity contribution in [2.24, 2.45) is 0 Å². The second-order valence-electron chi connectivity index (χ2n) is 4.99. The molecule has 0 bridgehead atoms. The van der Waals surface area contributed by atoms with Gasteiger partial charge in [0.05, 0.1) is 12.2 Å². The lowest BCUT2D eigenvalue weighted by Gasteiger charge is -2.33. The van der Waals surface area contributed by atoms with E-state index in [1.807, 2.05) is 0 Å². The van der Waals surface area contributed by atoms with Crippen LogP contribution < -0.4 is 9.04 Å². The zero-order chi connectivity index (χ0) is 15.9. The molecule has 0 saturated heterocycles. The van der Waals surface area contributed by atoms with Gasteiger partial charge in [-0.2, -0.15) is 0 Å². The Morgan fingerprint density at radius 3 is 2.82 bits per heavy atom. The second-order valence-corrected chi connectivity index (χ2v) is 6.85. The number of H-pyrrole nitrogens is 1. The van der Waals surface area contributed by atoms with E-state index in [4.69, 9.17) is 9.84 Å². The number of hydrogen-bond donors (Lipinski definition) is 2. The Morgan fingerprint density at radius 1 is 1.41 bits per heavy atom. The SMILES string of the molecule is C[C@@H]1CN(S(=O)(=O)c2c[nH]c(C(=O)O)c2)c2ccccc2O1. The third-order valence-corrected chi connectivity index (χ3v) is 5.12.